The third kappa shape index (κ3) is 3.29. The van der Waals surface area contributed by atoms with Gasteiger partial charge in [0.2, 0.25) is 6.10 Å². The van der Waals surface area contributed by atoms with Gasteiger partial charge in [-0.3, -0.25) is 4.79 Å². The van der Waals surface area contributed by atoms with E-state index in [2.05, 4.69) is 10.5 Å². The Morgan fingerprint density at radius 3 is 2.92 bits per heavy atom. The molecule has 0 saturated carbocycles. The molecule has 1 aliphatic heterocycles. The van der Waals surface area contributed by atoms with Gasteiger partial charge in [-0.1, -0.05) is 16.8 Å². The molecule has 0 radical (unpaired) electrons. The Hall–Kier alpha value is -2.64. The monoisotopic (exact) mass is 374 g/mol. The Balaban J connectivity index is 1.46. The molecule has 0 aliphatic carbocycles. The van der Waals surface area contributed by atoms with E-state index in [1.165, 1.54) is 17.4 Å². The quantitative estimate of drug-likeness (QED) is 0.710. The van der Waals surface area contributed by atoms with Crippen molar-refractivity contribution < 1.29 is 14.0 Å². The third-order valence-corrected chi connectivity index (χ3v) is 4.99. The molecule has 1 aromatic carbocycles. The summed E-state index contributed by atoms with van der Waals surface area (Å²) in [5.74, 6) is -0.293. The smallest absolute Gasteiger partial charge is 0.336 e. The number of benzene rings is 1. The Bertz CT molecular complexity index is 1060. The highest BCUT2D eigenvalue weighted by Gasteiger charge is 2.29. The molecule has 1 atom stereocenters. The number of nitrogens with one attached hydrogen (secondary N) is 1. The number of carbonyl (C=O) groups is 1. The van der Waals surface area contributed by atoms with Crippen molar-refractivity contribution in [3.63, 3.8) is 0 Å². The molecule has 0 spiro atoms. The fourth-order valence-corrected chi connectivity index (χ4v) is 3.54. The molecular weight excluding hydrogens is 364 g/mol. The second-order valence-electron chi connectivity index (χ2n) is 5.44. The second kappa shape index (κ2) is 6.34. The minimum Gasteiger partial charge on any atom is -0.423 e. The fraction of sp³-hybridized carbons (Fsp3) is 0.118. The lowest BCUT2D eigenvalue weighted by Crippen LogP contribution is -2.27. The average molecular weight is 375 g/mol. The SMILES string of the molecule is O=C(Nc1ccc2oc(=O)ccc2c1)[C@H]1CC(c2ccc(Cl)s2)=NO1. The van der Waals surface area contributed by atoms with Gasteiger partial charge >= 0.3 is 5.63 Å². The molecule has 0 saturated heterocycles. The van der Waals surface area contributed by atoms with Crippen LogP contribution in [0, 0.1) is 0 Å². The molecule has 3 aromatic rings. The normalized spacial score (nSPS) is 16.5. The minimum absolute atomic E-state index is 0.293. The Morgan fingerprint density at radius 2 is 2.12 bits per heavy atom. The number of hydrogen-bond donors (Lipinski definition) is 1. The van der Waals surface area contributed by atoms with Crippen LogP contribution < -0.4 is 10.9 Å². The summed E-state index contributed by atoms with van der Waals surface area (Å²) in [6, 6.07) is 11.6. The van der Waals surface area contributed by atoms with Gasteiger partial charge in [0.1, 0.15) is 11.3 Å². The van der Waals surface area contributed by atoms with Gasteiger partial charge in [-0.05, 0) is 36.4 Å². The maximum absolute atomic E-state index is 12.4. The molecule has 4 rings (SSSR count). The van der Waals surface area contributed by atoms with Crippen LogP contribution in [-0.2, 0) is 9.63 Å². The van der Waals surface area contributed by atoms with Crippen LogP contribution in [0.4, 0.5) is 5.69 Å². The summed E-state index contributed by atoms with van der Waals surface area (Å²) in [5.41, 5.74) is 1.34. The molecule has 0 bridgehead atoms. The van der Waals surface area contributed by atoms with E-state index >= 15 is 0 Å². The largest absolute Gasteiger partial charge is 0.423 e. The van der Waals surface area contributed by atoms with Crippen LogP contribution >= 0.6 is 22.9 Å². The van der Waals surface area contributed by atoms with Crippen LogP contribution in [0.15, 0.2) is 56.8 Å². The van der Waals surface area contributed by atoms with Crippen LogP contribution in [0.2, 0.25) is 4.34 Å². The summed E-state index contributed by atoms with van der Waals surface area (Å²) in [7, 11) is 0. The first kappa shape index (κ1) is 15.9. The predicted octanol–water partition coefficient (Wildman–Crippen LogP) is 3.64. The zero-order chi connectivity index (χ0) is 17.4. The van der Waals surface area contributed by atoms with E-state index in [9.17, 15) is 9.59 Å². The van der Waals surface area contributed by atoms with Crippen LogP contribution in [0.5, 0.6) is 0 Å². The second-order valence-corrected chi connectivity index (χ2v) is 7.15. The number of anilines is 1. The van der Waals surface area contributed by atoms with E-state index in [4.69, 9.17) is 20.9 Å². The molecule has 6 nitrogen and oxygen atoms in total. The van der Waals surface area contributed by atoms with Gasteiger partial charge in [0.25, 0.3) is 5.91 Å². The maximum Gasteiger partial charge on any atom is 0.336 e. The van der Waals surface area contributed by atoms with Crippen molar-refractivity contribution >= 4 is 51.2 Å². The number of hydrogen-bond acceptors (Lipinski definition) is 6. The molecule has 1 N–H and O–H groups in total. The van der Waals surface area contributed by atoms with Crippen molar-refractivity contribution in [3.8, 4) is 0 Å². The molecular formula is C17H11ClN2O4S. The lowest BCUT2D eigenvalue weighted by atomic mass is 10.1. The van der Waals surface area contributed by atoms with E-state index in [-0.39, 0.29) is 5.91 Å². The molecule has 25 heavy (non-hydrogen) atoms. The van der Waals surface area contributed by atoms with E-state index in [1.54, 1.807) is 30.3 Å². The van der Waals surface area contributed by atoms with Crippen LogP contribution in [-0.4, -0.2) is 17.7 Å². The summed E-state index contributed by atoms with van der Waals surface area (Å²) in [5, 5.41) is 7.49. The van der Waals surface area contributed by atoms with Crippen LogP contribution in [0.25, 0.3) is 11.0 Å². The van der Waals surface area contributed by atoms with Crippen molar-refractivity contribution in [3.05, 3.63) is 62.1 Å². The van der Waals surface area contributed by atoms with Gasteiger partial charge in [0.15, 0.2) is 0 Å². The Morgan fingerprint density at radius 1 is 1.24 bits per heavy atom. The topological polar surface area (TPSA) is 80.9 Å². The number of thiophene rings is 1. The van der Waals surface area contributed by atoms with E-state index < -0.39 is 11.7 Å². The molecule has 0 fully saturated rings. The minimum atomic E-state index is -0.694. The zero-order valence-electron chi connectivity index (χ0n) is 12.7. The van der Waals surface area contributed by atoms with Crippen molar-refractivity contribution in [2.45, 2.75) is 12.5 Å². The number of nitrogens with zero attached hydrogens (tertiary/aromatic N) is 1. The highest BCUT2D eigenvalue weighted by molar-refractivity contribution is 7.18. The number of fused-ring (bicyclic) bond motifs is 1. The number of amides is 1. The number of halogens is 1. The van der Waals surface area contributed by atoms with Crippen molar-refractivity contribution in [2.75, 3.05) is 5.32 Å². The van der Waals surface area contributed by atoms with Crippen molar-refractivity contribution in [1.82, 2.24) is 0 Å². The van der Waals surface area contributed by atoms with Gasteiger partial charge in [-0.2, -0.15) is 0 Å². The van der Waals surface area contributed by atoms with Crippen LogP contribution in [0.1, 0.15) is 11.3 Å². The molecule has 1 aliphatic rings. The molecule has 2 aromatic heterocycles. The molecule has 126 valence electrons. The maximum atomic E-state index is 12.4. The van der Waals surface area contributed by atoms with Gasteiger partial charge in [-0.15, -0.1) is 11.3 Å². The molecule has 1 amide bonds. The summed E-state index contributed by atoms with van der Waals surface area (Å²) >= 11 is 7.31. The number of rotatable bonds is 3. The van der Waals surface area contributed by atoms with E-state index in [0.29, 0.717) is 27.7 Å². The van der Waals surface area contributed by atoms with Crippen molar-refractivity contribution in [2.24, 2.45) is 5.16 Å². The van der Waals surface area contributed by atoms with Gasteiger partial charge in [0, 0.05) is 23.6 Å². The summed E-state index contributed by atoms with van der Waals surface area (Å²) in [6.07, 6.45) is -0.314. The Labute approximate surface area is 150 Å². The van der Waals surface area contributed by atoms with Gasteiger partial charge < -0.3 is 14.6 Å². The molecule has 8 heteroatoms. The first-order chi connectivity index (χ1) is 12.1. The van der Waals surface area contributed by atoms with Gasteiger partial charge in [-0.25, -0.2) is 4.79 Å². The highest BCUT2D eigenvalue weighted by atomic mass is 35.5. The zero-order valence-corrected chi connectivity index (χ0v) is 14.3. The standard InChI is InChI=1S/C17H11ClN2O4S/c18-15-5-4-14(25-15)11-8-13(24-20-11)17(22)19-10-2-3-12-9(7-10)1-6-16(21)23-12/h1-7,13H,8H2,(H,19,22)/t13-/m1/s1. The summed E-state index contributed by atoms with van der Waals surface area (Å²) < 4.78 is 5.73. The first-order valence-electron chi connectivity index (χ1n) is 7.42. The van der Waals surface area contributed by atoms with E-state index in [1.807, 2.05) is 6.07 Å². The number of oxime groups is 1. The van der Waals surface area contributed by atoms with Crippen molar-refractivity contribution in [1.29, 1.82) is 0 Å². The number of carbonyl (C=O) groups excluding carboxylic acids is 1. The fourth-order valence-electron chi connectivity index (χ4n) is 2.51. The van der Waals surface area contributed by atoms with Crippen LogP contribution in [0.3, 0.4) is 0 Å². The Kier molecular flexibility index (Phi) is 4.03. The van der Waals surface area contributed by atoms with Gasteiger partial charge in [0.05, 0.1) is 9.21 Å². The highest BCUT2D eigenvalue weighted by Crippen LogP contribution is 2.27. The lowest BCUT2D eigenvalue weighted by Gasteiger charge is -2.09. The lowest BCUT2D eigenvalue weighted by molar-refractivity contribution is -0.125. The van der Waals surface area contributed by atoms with E-state index in [0.717, 1.165) is 10.3 Å². The summed E-state index contributed by atoms with van der Waals surface area (Å²) in [4.78, 5) is 29.7. The predicted molar refractivity (Wildman–Crippen MR) is 96.5 cm³/mol. The average Bonchev–Trinajstić information content (AvgIpc) is 3.24. The summed E-state index contributed by atoms with van der Waals surface area (Å²) in [6.45, 7) is 0. The molecule has 3 heterocycles. The molecule has 0 unspecified atom stereocenters. The first-order valence-corrected chi connectivity index (χ1v) is 8.61. The third-order valence-electron chi connectivity index (χ3n) is 3.71.